The Hall–Kier alpha value is -3.52. The molecule has 1 amide bonds. The molecule has 34 heavy (non-hydrogen) atoms. The smallest absolute Gasteiger partial charge is 0.340 e. The summed E-state index contributed by atoms with van der Waals surface area (Å²) in [4.78, 5) is 37.0. The zero-order chi connectivity index (χ0) is 24.4. The van der Waals surface area contributed by atoms with E-state index in [1.165, 1.54) is 11.8 Å². The normalized spacial score (nSPS) is 12.2. The van der Waals surface area contributed by atoms with Gasteiger partial charge in [0.15, 0.2) is 0 Å². The van der Waals surface area contributed by atoms with E-state index in [1.54, 1.807) is 13.0 Å². The molecule has 2 N–H and O–H groups in total. The lowest BCUT2D eigenvalue weighted by Gasteiger charge is -2.15. The van der Waals surface area contributed by atoms with Crippen LogP contribution in [0.2, 0.25) is 0 Å². The first-order chi connectivity index (χ1) is 16.2. The fraction of sp³-hybridized carbons (Fsp3) is 0.269. The highest BCUT2D eigenvalue weighted by atomic mass is 32.2. The van der Waals surface area contributed by atoms with Crippen LogP contribution in [0.3, 0.4) is 0 Å². The first-order valence-electron chi connectivity index (χ1n) is 10.8. The SMILES string of the molecule is Cc1oc2cc3oc(=O)c(CC(=O)NC(CSCc4ccccc4)C(=O)O)c(C)c3cc2c1C. The number of fused-ring (bicyclic) bond motifs is 2. The van der Waals surface area contributed by atoms with Crippen molar-refractivity contribution in [2.75, 3.05) is 5.75 Å². The molecule has 8 heteroatoms. The molecule has 0 aliphatic rings. The standard InChI is InChI=1S/C26H25NO6S/c1-14-16(3)32-22-11-23-19(9-18(14)22)15(2)20(26(31)33-23)10-24(28)27-21(25(29)30)13-34-12-17-7-5-4-6-8-17/h4-9,11,21H,10,12-13H2,1-3H3,(H,27,28)(H,29,30). The molecule has 0 radical (unpaired) electrons. The van der Waals surface area contributed by atoms with Crippen molar-refractivity contribution >= 4 is 45.6 Å². The molecule has 1 atom stereocenters. The third-order valence-electron chi connectivity index (χ3n) is 5.95. The highest BCUT2D eigenvalue weighted by molar-refractivity contribution is 7.98. The molecule has 1 unspecified atom stereocenters. The van der Waals surface area contributed by atoms with Gasteiger partial charge in [-0.15, -0.1) is 0 Å². The van der Waals surface area contributed by atoms with Crippen molar-refractivity contribution in [3.05, 3.63) is 80.9 Å². The molecule has 2 heterocycles. The number of furan rings is 1. The second-order valence-electron chi connectivity index (χ2n) is 8.26. The maximum Gasteiger partial charge on any atom is 0.340 e. The van der Waals surface area contributed by atoms with Gasteiger partial charge >= 0.3 is 11.6 Å². The van der Waals surface area contributed by atoms with Crippen LogP contribution >= 0.6 is 11.8 Å². The summed E-state index contributed by atoms with van der Waals surface area (Å²) >= 11 is 1.42. The van der Waals surface area contributed by atoms with E-state index in [2.05, 4.69) is 5.32 Å². The molecular formula is C26H25NO6S. The van der Waals surface area contributed by atoms with Gasteiger partial charge in [0, 0.05) is 28.3 Å². The molecule has 176 valence electrons. The number of carbonyl (C=O) groups excluding carboxylic acids is 1. The Morgan fingerprint density at radius 3 is 2.38 bits per heavy atom. The van der Waals surface area contributed by atoms with Crippen molar-refractivity contribution in [1.82, 2.24) is 5.32 Å². The number of hydrogen-bond acceptors (Lipinski definition) is 6. The Kier molecular flexibility index (Phi) is 6.79. The summed E-state index contributed by atoms with van der Waals surface area (Å²) in [5.74, 6) is -0.0360. The number of carboxylic acid groups (broad SMARTS) is 1. The Balaban J connectivity index is 1.51. The molecule has 2 aromatic carbocycles. The summed E-state index contributed by atoms with van der Waals surface area (Å²) in [6.07, 6.45) is -0.265. The van der Waals surface area contributed by atoms with E-state index in [9.17, 15) is 19.5 Å². The van der Waals surface area contributed by atoms with E-state index < -0.39 is 23.5 Å². The molecule has 0 aliphatic heterocycles. The minimum Gasteiger partial charge on any atom is -0.480 e. The lowest BCUT2D eigenvalue weighted by molar-refractivity contribution is -0.141. The summed E-state index contributed by atoms with van der Waals surface area (Å²) in [6.45, 7) is 5.59. The lowest BCUT2D eigenvalue weighted by Crippen LogP contribution is -2.43. The summed E-state index contributed by atoms with van der Waals surface area (Å²) in [6, 6.07) is 12.2. The minimum atomic E-state index is -1.12. The van der Waals surface area contributed by atoms with Crippen molar-refractivity contribution in [2.45, 2.75) is 39.0 Å². The predicted molar refractivity (Wildman–Crippen MR) is 132 cm³/mol. The van der Waals surface area contributed by atoms with Crippen LogP contribution in [0.25, 0.3) is 21.9 Å². The molecule has 0 saturated heterocycles. The number of aryl methyl sites for hydroxylation is 3. The number of amides is 1. The zero-order valence-corrected chi connectivity index (χ0v) is 20.0. The van der Waals surface area contributed by atoms with Crippen LogP contribution in [-0.2, 0) is 21.8 Å². The van der Waals surface area contributed by atoms with Gasteiger partial charge in [0.2, 0.25) is 5.91 Å². The van der Waals surface area contributed by atoms with Crippen molar-refractivity contribution in [1.29, 1.82) is 0 Å². The van der Waals surface area contributed by atoms with E-state index in [0.717, 1.165) is 22.3 Å². The minimum absolute atomic E-state index is 0.207. The van der Waals surface area contributed by atoms with E-state index >= 15 is 0 Å². The maximum absolute atomic E-state index is 12.7. The molecule has 0 bridgehead atoms. The number of nitrogens with one attached hydrogen (secondary N) is 1. The fourth-order valence-electron chi connectivity index (χ4n) is 3.88. The number of aliphatic carboxylic acids is 1. The van der Waals surface area contributed by atoms with Crippen molar-refractivity contribution in [3.8, 4) is 0 Å². The van der Waals surface area contributed by atoms with E-state index in [1.807, 2.05) is 50.2 Å². The number of benzene rings is 2. The highest BCUT2D eigenvalue weighted by Gasteiger charge is 2.22. The molecule has 0 spiro atoms. The van der Waals surface area contributed by atoms with Crippen LogP contribution in [-0.4, -0.2) is 28.8 Å². The number of rotatable bonds is 8. The zero-order valence-electron chi connectivity index (χ0n) is 19.1. The number of carbonyl (C=O) groups is 2. The van der Waals surface area contributed by atoms with Gasteiger partial charge in [0.1, 0.15) is 23.0 Å². The average Bonchev–Trinajstić information content (AvgIpc) is 3.08. The largest absolute Gasteiger partial charge is 0.480 e. The highest BCUT2D eigenvalue weighted by Crippen LogP contribution is 2.31. The monoisotopic (exact) mass is 479 g/mol. The molecule has 7 nitrogen and oxygen atoms in total. The maximum atomic E-state index is 12.7. The number of thioether (sulfide) groups is 1. The van der Waals surface area contributed by atoms with Crippen LogP contribution in [0, 0.1) is 20.8 Å². The second kappa shape index (κ2) is 9.77. The van der Waals surface area contributed by atoms with E-state index in [-0.39, 0.29) is 17.7 Å². The summed E-state index contributed by atoms with van der Waals surface area (Å²) in [5, 5.41) is 13.7. The molecule has 4 rings (SSSR count). The van der Waals surface area contributed by atoms with Gasteiger partial charge < -0.3 is 19.3 Å². The number of hydrogen-bond donors (Lipinski definition) is 2. The first-order valence-corrected chi connectivity index (χ1v) is 12.0. The van der Waals surface area contributed by atoms with E-state index in [0.29, 0.717) is 27.9 Å². The Bertz CT molecular complexity index is 1440. The van der Waals surface area contributed by atoms with Crippen LogP contribution in [0.5, 0.6) is 0 Å². The van der Waals surface area contributed by atoms with Gasteiger partial charge in [-0.25, -0.2) is 9.59 Å². The van der Waals surface area contributed by atoms with Gasteiger partial charge in [-0.05, 0) is 43.5 Å². The summed E-state index contributed by atoms with van der Waals surface area (Å²) in [7, 11) is 0. The van der Waals surface area contributed by atoms with Crippen molar-refractivity contribution < 1.29 is 23.5 Å². The third kappa shape index (κ3) is 4.87. The van der Waals surface area contributed by atoms with Gasteiger partial charge in [0.05, 0.1) is 12.0 Å². The fourth-order valence-corrected chi connectivity index (χ4v) is 4.89. The molecule has 4 aromatic rings. The van der Waals surface area contributed by atoms with Gasteiger partial charge in [-0.1, -0.05) is 30.3 Å². The van der Waals surface area contributed by atoms with Gasteiger partial charge in [-0.2, -0.15) is 11.8 Å². The number of carboxylic acids is 1. The topological polar surface area (TPSA) is 110 Å². The van der Waals surface area contributed by atoms with Crippen LogP contribution in [0.15, 0.2) is 56.1 Å². The Labute approximate surface area is 200 Å². The van der Waals surface area contributed by atoms with Gasteiger partial charge in [0.25, 0.3) is 0 Å². The van der Waals surface area contributed by atoms with Crippen molar-refractivity contribution in [2.24, 2.45) is 0 Å². The summed E-state index contributed by atoms with van der Waals surface area (Å²) < 4.78 is 11.2. The predicted octanol–water partition coefficient (Wildman–Crippen LogP) is 4.51. The molecule has 0 aliphatic carbocycles. The molecule has 2 aromatic heterocycles. The molecule has 0 fully saturated rings. The summed E-state index contributed by atoms with van der Waals surface area (Å²) in [5.41, 5.74) is 3.31. The van der Waals surface area contributed by atoms with Crippen LogP contribution in [0.4, 0.5) is 0 Å². The van der Waals surface area contributed by atoms with Gasteiger partial charge in [-0.3, -0.25) is 4.79 Å². The first kappa shape index (κ1) is 23.6. The van der Waals surface area contributed by atoms with Crippen molar-refractivity contribution in [3.63, 3.8) is 0 Å². The lowest BCUT2D eigenvalue weighted by atomic mass is 10.0. The second-order valence-corrected chi connectivity index (χ2v) is 9.29. The van der Waals surface area contributed by atoms with E-state index in [4.69, 9.17) is 8.83 Å². The Morgan fingerprint density at radius 2 is 1.68 bits per heavy atom. The van der Waals surface area contributed by atoms with Crippen LogP contribution in [0.1, 0.15) is 28.0 Å². The molecule has 0 saturated carbocycles. The quantitative estimate of drug-likeness (QED) is 0.358. The average molecular weight is 480 g/mol. The van der Waals surface area contributed by atoms with Crippen LogP contribution < -0.4 is 10.9 Å². The Morgan fingerprint density at radius 1 is 1.00 bits per heavy atom. The molecular weight excluding hydrogens is 454 g/mol. The third-order valence-corrected chi connectivity index (χ3v) is 7.06.